The summed E-state index contributed by atoms with van der Waals surface area (Å²) in [7, 11) is 1.51. The van der Waals surface area contributed by atoms with Crippen LogP contribution < -0.4 is 20.7 Å². The molecule has 0 aliphatic carbocycles. The molecule has 144 valence electrons. The maximum absolute atomic E-state index is 12.8. The highest BCUT2D eigenvalue weighted by molar-refractivity contribution is 6.39. The van der Waals surface area contributed by atoms with E-state index in [1.54, 1.807) is 0 Å². The fourth-order valence-corrected chi connectivity index (χ4v) is 2.68. The maximum Gasteiger partial charge on any atom is 0.408 e. The van der Waals surface area contributed by atoms with Gasteiger partial charge in [0.2, 0.25) is 0 Å². The molecule has 0 radical (unpaired) electrons. The number of nitrogens with one attached hydrogen (secondary N) is 3. The molecule has 8 nitrogen and oxygen atoms in total. The Kier molecular flexibility index (Phi) is 5.19. The monoisotopic (exact) mass is 394 g/mol. The molecular formula is C14H18ClF3N6O2. The molecule has 1 aromatic heterocycles. The zero-order valence-corrected chi connectivity index (χ0v) is 14.8. The van der Waals surface area contributed by atoms with Crippen LogP contribution in [-0.4, -0.2) is 54.8 Å². The number of ether oxygens (including phenoxy) is 2. The lowest BCUT2D eigenvalue weighted by Gasteiger charge is -2.25. The molecule has 12 heteroatoms. The van der Waals surface area contributed by atoms with Crippen LogP contribution in [0.4, 0.5) is 18.9 Å². The highest BCUT2D eigenvalue weighted by atomic mass is 35.5. The lowest BCUT2D eigenvalue weighted by Crippen LogP contribution is -2.44. The molecule has 2 aliphatic rings. The summed E-state index contributed by atoms with van der Waals surface area (Å²) in [5.41, 5.74) is 0.593. The molecule has 0 saturated heterocycles. The topological polar surface area (TPSA) is 84.7 Å². The van der Waals surface area contributed by atoms with Gasteiger partial charge in [-0.05, 0) is 6.92 Å². The number of allylic oxidation sites excluding steroid dienone is 1. The standard InChI is InChI=1S/C14H18ClF3N6O2/c1-7-10-12(23-24(7)6-14(16,17)18)26-5-8(25-2)3-19-11-9(15)4-20-13(21-10)22-11/h4,8,13,19,21-22H,3,5-6H2,1-2H3. The minimum Gasteiger partial charge on any atom is -0.472 e. The van der Waals surface area contributed by atoms with Crippen LogP contribution in [0.3, 0.4) is 0 Å². The highest BCUT2D eigenvalue weighted by Crippen LogP contribution is 2.31. The number of halogens is 4. The smallest absolute Gasteiger partial charge is 0.408 e. The Morgan fingerprint density at radius 2 is 2.19 bits per heavy atom. The van der Waals surface area contributed by atoms with E-state index in [1.165, 1.54) is 20.2 Å². The van der Waals surface area contributed by atoms with Crippen LogP contribution in [0.1, 0.15) is 5.69 Å². The van der Waals surface area contributed by atoms with Gasteiger partial charge in [-0.15, -0.1) is 5.10 Å². The number of hydrogen-bond acceptors (Lipinski definition) is 7. The summed E-state index contributed by atoms with van der Waals surface area (Å²) in [5.74, 6) is 0.583. The van der Waals surface area contributed by atoms with Crippen molar-refractivity contribution >= 4 is 23.5 Å². The molecule has 2 unspecified atom stereocenters. The van der Waals surface area contributed by atoms with Crippen molar-refractivity contribution in [3.05, 3.63) is 16.5 Å². The average Bonchev–Trinajstić information content (AvgIpc) is 2.83. The molecule has 0 saturated carbocycles. The van der Waals surface area contributed by atoms with Crippen LogP contribution in [0.5, 0.6) is 5.88 Å². The predicted octanol–water partition coefficient (Wildman–Crippen LogP) is 1.53. The quantitative estimate of drug-likeness (QED) is 0.705. The molecular weight excluding hydrogens is 377 g/mol. The first kappa shape index (κ1) is 18.6. The van der Waals surface area contributed by atoms with Gasteiger partial charge in [0.25, 0.3) is 5.88 Å². The molecule has 2 aliphatic heterocycles. The lowest BCUT2D eigenvalue weighted by molar-refractivity contribution is -0.143. The second-order valence-corrected chi connectivity index (χ2v) is 6.19. The number of nitrogens with zero attached hydrogens (tertiary/aromatic N) is 3. The van der Waals surface area contributed by atoms with E-state index >= 15 is 0 Å². The Bertz CT molecular complexity index is 733. The summed E-state index contributed by atoms with van der Waals surface area (Å²) >= 11 is 6.11. The van der Waals surface area contributed by atoms with Gasteiger partial charge in [-0.1, -0.05) is 11.6 Å². The fourth-order valence-electron chi connectivity index (χ4n) is 2.50. The van der Waals surface area contributed by atoms with Crippen molar-refractivity contribution in [3.8, 4) is 5.88 Å². The molecule has 2 atom stereocenters. The van der Waals surface area contributed by atoms with Gasteiger partial charge in [-0.25, -0.2) is 4.99 Å². The van der Waals surface area contributed by atoms with Crippen LogP contribution in [0.2, 0.25) is 0 Å². The summed E-state index contributed by atoms with van der Waals surface area (Å²) in [6.45, 7) is 0.768. The minimum atomic E-state index is -4.40. The molecule has 3 rings (SSSR count). The molecule has 26 heavy (non-hydrogen) atoms. The number of hydrogen-bond donors (Lipinski definition) is 3. The van der Waals surface area contributed by atoms with Crippen molar-refractivity contribution in [2.24, 2.45) is 4.99 Å². The van der Waals surface area contributed by atoms with E-state index in [0.29, 0.717) is 23.1 Å². The van der Waals surface area contributed by atoms with Crippen molar-refractivity contribution in [3.63, 3.8) is 0 Å². The molecule has 0 spiro atoms. The second kappa shape index (κ2) is 7.23. The zero-order valence-electron chi connectivity index (χ0n) is 14.0. The molecule has 0 aromatic carbocycles. The summed E-state index contributed by atoms with van der Waals surface area (Å²) in [6.07, 6.45) is -3.97. The van der Waals surface area contributed by atoms with Crippen molar-refractivity contribution in [2.45, 2.75) is 32.0 Å². The van der Waals surface area contributed by atoms with Gasteiger partial charge >= 0.3 is 6.18 Å². The van der Waals surface area contributed by atoms with E-state index in [0.717, 1.165) is 4.68 Å². The number of aliphatic imine (C=N–C) groups is 1. The molecule has 0 amide bonds. The van der Waals surface area contributed by atoms with Gasteiger partial charge in [0.05, 0.1) is 10.7 Å². The molecule has 2 bridgehead atoms. The van der Waals surface area contributed by atoms with Crippen molar-refractivity contribution in [1.82, 2.24) is 20.4 Å². The average molecular weight is 395 g/mol. The fraction of sp³-hybridized carbons (Fsp3) is 0.571. The first-order valence-corrected chi connectivity index (χ1v) is 8.14. The van der Waals surface area contributed by atoms with Crippen LogP contribution in [0, 0.1) is 6.92 Å². The van der Waals surface area contributed by atoms with Gasteiger partial charge in [-0.2, -0.15) is 13.2 Å². The summed E-state index contributed by atoms with van der Waals surface area (Å²) in [6, 6.07) is 0. The van der Waals surface area contributed by atoms with Gasteiger partial charge in [0.15, 0.2) is 6.29 Å². The second-order valence-electron chi connectivity index (χ2n) is 5.78. The van der Waals surface area contributed by atoms with E-state index in [4.69, 9.17) is 21.1 Å². The van der Waals surface area contributed by atoms with E-state index in [1.807, 2.05) is 0 Å². The van der Waals surface area contributed by atoms with Crippen LogP contribution in [0.25, 0.3) is 0 Å². The number of alkyl halides is 3. The Labute approximate surface area is 152 Å². The summed E-state index contributed by atoms with van der Waals surface area (Å²) in [4.78, 5) is 4.18. The van der Waals surface area contributed by atoms with Crippen LogP contribution in [0.15, 0.2) is 15.8 Å². The molecule has 3 heterocycles. The number of fused-ring (bicyclic) bond motifs is 3. The number of methoxy groups -OCH3 is 1. The third-order valence-corrected chi connectivity index (χ3v) is 4.17. The van der Waals surface area contributed by atoms with Crippen molar-refractivity contribution < 1.29 is 22.6 Å². The van der Waals surface area contributed by atoms with E-state index < -0.39 is 19.0 Å². The largest absolute Gasteiger partial charge is 0.472 e. The number of aromatic nitrogens is 2. The number of anilines is 1. The highest BCUT2D eigenvalue weighted by Gasteiger charge is 2.32. The van der Waals surface area contributed by atoms with Gasteiger partial charge in [-0.3, -0.25) is 4.68 Å². The van der Waals surface area contributed by atoms with Gasteiger partial charge in [0.1, 0.15) is 30.8 Å². The van der Waals surface area contributed by atoms with Crippen LogP contribution >= 0.6 is 11.6 Å². The third-order valence-electron chi connectivity index (χ3n) is 3.89. The van der Waals surface area contributed by atoms with Crippen molar-refractivity contribution in [1.29, 1.82) is 0 Å². The van der Waals surface area contributed by atoms with Gasteiger partial charge < -0.3 is 25.4 Å². The van der Waals surface area contributed by atoms with E-state index in [9.17, 15) is 13.2 Å². The van der Waals surface area contributed by atoms with Gasteiger partial charge in [0, 0.05) is 19.9 Å². The first-order valence-electron chi connectivity index (χ1n) is 7.76. The molecule has 0 fully saturated rings. The Morgan fingerprint density at radius 3 is 2.88 bits per heavy atom. The normalized spacial score (nSPS) is 23.2. The lowest BCUT2D eigenvalue weighted by atomic mass is 10.3. The minimum absolute atomic E-state index is 0.0508. The maximum atomic E-state index is 12.8. The predicted molar refractivity (Wildman–Crippen MR) is 89.2 cm³/mol. The molecule has 1 aromatic rings. The summed E-state index contributed by atoms with van der Waals surface area (Å²) < 4.78 is 50.1. The van der Waals surface area contributed by atoms with E-state index in [-0.39, 0.29) is 24.3 Å². The van der Waals surface area contributed by atoms with Crippen molar-refractivity contribution in [2.75, 3.05) is 25.6 Å². The molecule has 3 N–H and O–H groups in total. The van der Waals surface area contributed by atoms with E-state index in [2.05, 4.69) is 26.0 Å². The number of rotatable bonds is 2. The first-order chi connectivity index (χ1) is 12.3. The Balaban J connectivity index is 1.94. The van der Waals surface area contributed by atoms with Crippen LogP contribution in [-0.2, 0) is 11.3 Å². The zero-order chi connectivity index (χ0) is 18.9. The SMILES string of the molecule is COC1CNC2=C(Cl)C=NC(N2)Nc2c(nn(CC(F)(F)F)c2C)OC1. The Morgan fingerprint density at radius 1 is 1.42 bits per heavy atom. The summed E-state index contributed by atoms with van der Waals surface area (Å²) in [5, 5.41) is 13.5. The third kappa shape index (κ3) is 4.15. The Hall–Kier alpha value is -2.14.